The lowest BCUT2D eigenvalue weighted by molar-refractivity contribution is -0.161. The maximum atomic E-state index is 12.9. The first kappa shape index (κ1) is 73.4. The summed E-state index contributed by atoms with van der Waals surface area (Å²) in [5.41, 5.74) is 0. The molecule has 76 heavy (non-hydrogen) atoms. The van der Waals surface area contributed by atoms with Gasteiger partial charge in [0.2, 0.25) is 0 Å². The molecule has 444 valence electrons. The predicted octanol–water partition coefficient (Wildman–Crippen LogP) is 18.9. The monoisotopic (exact) mass is 1090 g/mol. The zero-order valence-electron chi connectivity index (χ0n) is 49.2. The molecule has 0 rings (SSSR count). The lowest BCUT2D eigenvalue weighted by atomic mass is 10.0. The molecule has 0 aliphatic rings. The molecule has 3 unspecified atom stereocenters. The average molecular weight is 1090 g/mol. The van der Waals surface area contributed by atoms with Gasteiger partial charge in [-0.05, 0) is 77.0 Å². The minimum Gasteiger partial charge on any atom is -0.462 e. The van der Waals surface area contributed by atoms with Crippen molar-refractivity contribution >= 4 is 25.7 Å². The normalized spacial score (nSPS) is 13.6. The third-order valence-electron chi connectivity index (χ3n) is 13.7. The molecule has 0 aromatic heterocycles. The lowest BCUT2D eigenvalue weighted by Crippen LogP contribution is -2.30. The highest BCUT2D eigenvalue weighted by atomic mass is 31.2. The fourth-order valence-electron chi connectivity index (χ4n) is 8.96. The third kappa shape index (κ3) is 56.2. The number of rotatable bonds is 59. The maximum Gasteiger partial charge on any atom is 0.472 e. The summed E-state index contributed by atoms with van der Waals surface area (Å²) in [4.78, 5) is 48.7. The van der Waals surface area contributed by atoms with Crippen LogP contribution in [0.4, 0.5) is 0 Å². The van der Waals surface area contributed by atoms with E-state index >= 15 is 0 Å². The highest BCUT2D eigenvalue weighted by Gasteiger charge is 2.28. The number of hydrogen-bond donors (Lipinski definition) is 2. The number of phosphoric ester groups is 1. The second-order valence-corrected chi connectivity index (χ2v) is 22.7. The Kier molecular flexibility index (Phi) is 56.6. The summed E-state index contributed by atoms with van der Waals surface area (Å²) in [7, 11) is -4.76. The van der Waals surface area contributed by atoms with Crippen molar-refractivity contribution in [1.82, 2.24) is 0 Å². The Labute approximate surface area is 466 Å². The molecular formula is C64H117O11P. The van der Waals surface area contributed by atoms with Crippen molar-refractivity contribution in [1.29, 1.82) is 0 Å². The minimum absolute atomic E-state index is 0.143. The van der Waals surface area contributed by atoms with Crippen LogP contribution in [0.5, 0.6) is 0 Å². The van der Waals surface area contributed by atoms with Crippen LogP contribution in [0.2, 0.25) is 0 Å². The van der Waals surface area contributed by atoms with Gasteiger partial charge in [-0.15, -0.1) is 0 Å². The SMILES string of the molecule is CC/C=C\C/C=C\C/C=C\CCCCCC(=O)OC(CO)COP(=O)(O)OCC(COC(=O)CCCCCCCCCCCCCCCCCCC)OC(=O)CCCCCCCCCCC/C=C\CCCCCCCC. The lowest BCUT2D eigenvalue weighted by Gasteiger charge is -2.21. The van der Waals surface area contributed by atoms with Gasteiger partial charge in [-0.2, -0.15) is 0 Å². The highest BCUT2D eigenvalue weighted by molar-refractivity contribution is 7.47. The standard InChI is InChI=1S/C64H117O11P/c1-4-7-10-13-16-19-22-25-27-29-30-32-34-37-40-43-46-49-52-55-64(68)75-61(57-71-62(66)53-50-47-44-41-38-36-33-31-28-26-23-20-17-14-11-8-5-2)59-73-76(69,70)72-58-60(56-65)74-63(67)54-51-48-45-42-39-35-24-21-18-15-12-9-6-3/h9,12,18,21,25,27,35,39,60-61,65H,4-8,10-11,13-17,19-20,22-24,26,28-34,36-38,40-59H2,1-3H3,(H,69,70)/b12-9-,21-18-,27-25-,39-35-. The summed E-state index contributed by atoms with van der Waals surface area (Å²) in [5, 5.41) is 9.82. The van der Waals surface area contributed by atoms with Crippen LogP contribution in [-0.2, 0) is 42.2 Å². The molecule has 0 aliphatic heterocycles. The molecule has 0 spiro atoms. The van der Waals surface area contributed by atoms with E-state index in [9.17, 15) is 28.9 Å². The summed E-state index contributed by atoms with van der Waals surface area (Å²) in [6.45, 7) is 4.55. The van der Waals surface area contributed by atoms with Crippen molar-refractivity contribution < 1.29 is 52.2 Å². The molecule has 0 saturated heterocycles. The zero-order valence-corrected chi connectivity index (χ0v) is 50.1. The number of aliphatic hydroxyl groups is 1. The number of ether oxygens (including phenoxy) is 3. The van der Waals surface area contributed by atoms with Gasteiger partial charge in [0.25, 0.3) is 0 Å². The molecule has 0 aromatic rings. The van der Waals surface area contributed by atoms with E-state index in [2.05, 4.69) is 69.4 Å². The second-order valence-electron chi connectivity index (χ2n) is 21.2. The van der Waals surface area contributed by atoms with Gasteiger partial charge in [-0.25, -0.2) is 4.57 Å². The molecule has 0 saturated carbocycles. The van der Waals surface area contributed by atoms with Crippen LogP contribution in [0.15, 0.2) is 48.6 Å². The van der Waals surface area contributed by atoms with Gasteiger partial charge < -0.3 is 24.2 Å². The second kappa shape index (κ2) is 58.6. The quantitative estimate of drug-likeness (QED) is 0.0197. The number of unbranched alkanes of at least 4 members (excludes halogenated alkanes) is 34. The minimum atomic E-state index is -4.76. The number of esters is 3. The largest absolute Gasteiger partial charge is 0.472 e. The Morgan fingerprint density at radius 2 is 0.684 bits per heavy atom. The van der Waals surface area contributed by atoms with Crippen LogP contribution in [0, 0.1) is 0 Å². The van der Waals surface area contributed by atoms with Gasteiger partial charge in [0.15, 0.2) is 6.10 Å². The molecule has 3 atom stereocenters. The van der Waals surface area contributed by atoms with Crippen LogP contribution < -0.4 is 0 Å². The van der Waals surface area contributed by atoms with Crippen molar-refractivity contribution in [3.05, 3.63) is 48.6 Å². The summed E-state index contributed by atoms with van der Waals surface area (Å²) in [6, 6.07) is 0. The first-order valence-corrected chi connectivity index (χ1v) is 33.0. The molecule has 2 N–H and O–H groups in total. The number of phosphoric acid groups is 1. The number of carbonyl (C=O) groups excluding carboxylic acids is 3. The van der Waals surface area contributed by atoms with E-state index in [-0.39, 0.29) is 25.9 Å². The van der Waals surface area contributed by atoms with Crippen LogP contribution in [0.25, 0.3) is 0 Å². The topological polar surface area (TPSA) is 155 Å². The Morgan fingerprint density at radius 3 is 1.08 bits per heavy atom. The van der Waals surface area contributed by atoms with E-state index in [0.29, 0.717) is 19.3 Å². The molecular weight excluding hydrogens is 976 g/mol. The van der Waals surface area contributed by atoms with Crippen molar-refractivity contribution in [2.75, 3.05) is 26.4 Å². The van der Waals surface area contributed by atoms with Crippen LogP contribution >= 0.6 is 7.82 Å². The Hall–Kier alpha value is -2.56. The Morgan fingerprint density at radius 1 is 0.382 bits per heavy atom. The number of carbonyl (C=O) groups is 3. The van der Waals surface area contributed by atoms with E-state index in [1.54, 1.807) is 0 Å². The molecule has 0 radical (unpaired) electrons. The molecule has 11 nitrogen and oxygen atoms in total. The van der Waals surface area contributed by atoms with E-state index in [4.69, 9.17) is 23.3 Å². The number of hydrogen-bond acceptors (Lipinski definition) is 10. The zero-order chi connectivity index (χ0) is 55.5. The van der Waals surface area contributed by atoms with Gasteiger partial charge >= 0.3 is 25.7 Å². The van der Waals surface area contributed by atoms with Gasteiger partial charge in [0, 0.05) is 19.3 Å². The van der Waals surface area contributed by atoms with Gasteiger partial charge in [-0.3, -0.25) is 23.4 Å². The summed E-state index contributed by atoms with van der Waals surface area (Å²) in [6.07, 6.45) is 63.6. The Balaban J connectivity index is 4.70. The van der Waals surface area contributed by atoms with Crippen molar-refractivity contribution in [2.24, 2.45) is 0 Å². The van der Waals surface area contributed by atoms with E-state index in [1.165, 1.54) is 167 Å². The maximum absolute atomic E-state index is 12.9. The Bertz CT molecular complexity index is 1460. The molecule has 0 amide bonds. The van der Waals surface area contributed by atoms with Crippen LogP contribution in [-0.4, -0.2) is 66.5 Å². The highest BCUT2D eigenvalue weighted by Crippen LogP contribution is 2.43. The van der Waals surface area contributed by atoms with Gasteiger partial charge in [-0.1, -0.05) is 256 Å². The van der Waals surface area contributed by atoms with Gasteiger partial charge in [0.1, 0.15) is 12.7 Å². The van der Waals surface area contributed by atoms with E-state index < -0.39 is 57.8 Å². The molecule has 12 heteroatoms. The number of allylic oxidation sites excluding steroid dienone is 8. The van der Waals surface area contributed by atoms with E-state index in [0.717, 1.165) is 77.0 Å². The average Bonchev–Trinajstić information content (AvgIpc) is 3.41. The molecule has 0 fully saturated rings. The van der Waals surface area contributed by atoms with Crippen molar-refractivity contribution in [3.63, 3.8) is 0 Å². The molecule has 0 aliphatic carbocycles. The van der Waals surface area contributed by atoms with Crippen molar-refractivity contribution in [3.8, 4) is 0 Å². The fraction of sp³-hybridized carbons (Fsp3) is 0.828. The van der Waals surface area contributed by atoms with Crippen LogP contribution in [0.3, 0.4) is 0 Å². The van der Waals surface area contributed by atoms with Gasteiger partial charge in [0.05, 0.1) is 19.8 Å². The molecule has 0 bridgehead atoms. The van der Waals surface area contributed by atoms with Crippen molar-refractivity contribution in [2.45, 2.75) is 315 Å². The first-order chi connectivity index (χ1) is 37.2. The molecule has 0 heterocycles. The van der Waals surface area contributed by atoms with Crippen LogP contribution in [0.1, 0.15) is 303 Å². The summed E-state index contributed by atoms with van der Waals surface area (Å²) in [5.74, 6) is -1.48. The third-order valence-corrected chi connectivity index (χ3v) is 14.7. The fourth-order valence-corrected chi connectivity index (χ4v) is 9.74. The first-order valence-electron chi connectivity index (χ1n) is 31.5. The molecule has 0 aromatic carbocycles. The summed E-state index contributed by atoms with van der Waals surface area (Å²) >= 11 is 0. The smallest absolute Gasteiger partial charge is 0.462 e. The predicted molar refractivity (Wildman–Crippen MR) is 316 cm³/mol. The number of aliphatic hydroxyl groups excluding tert-OH is 1. The van der Waals surface area contributed by atoms with E-state index in [1.807, 2.05) is 0 Å². The summed E-state index contributed by atoms with van der Waals surface area (Å²) < 4.78 is 39.6.